The summed E-state index contributed by atoms with van der Waals surface area (Å²) in [6.45, 7) is 8.78. The van der Waals surface area contributed by atoms with Crippen LogP contribution in [0.3, 0.4) is 0 Å². The van der Waals surface area contributed by atoms with E-state index in [1.165, 1.54) is 18.4 Å². The van der Waals surface area contributed by atoms with Crippen molar-refractivity contribution in [2.24, 2.45) is 5.92 Å². The predicted octanol–water partition coefficient (Wildman–Crippen LogP) is 3.73. The average Bonchev–Trinajstić information content (AvgIpc) is 2.91. The lowest BCUT2D eigenvalue weighted by Gasteiger charge is -2.29. The first-order chi connectivity index (χ1) is 12.1. The number of rotatable bonds is 6. The van der Waals surface area contributed by atoms with E-state index in [2.05, 4.69) is 47.6 Å². The lowest BCUT2D eigenvalue weighted by molar-refractivity contribution is 0.145. The minimum atomic E-state index is 0.625. The first kappa shape index (κ1) is 18.3. The molecule has 1 aliphatic rings. The Bertz CT molecular complexity index is 759. The number of ether oxygens (including phenoxy) is 1. The Balaban J connectivity index is 1.90. The largest absolute Gasteiger partial charge is 0.383 e. The third kappa shape index (κ3) is 4.37. The number of hydrogen-bond donors (Lipinski definition) is 0. The molecule has 0 bridgehead atoms. The number of methoxy groups -OCH3 is 1. The normalized spacial score (nSPS) is 16.4. The van der Waals surface area contributed by atoms with Crippen molar-refractivity contribution in [3.8, 4) is 11.4 Å². The molecule has 0 radical (unpaired) electrons. The quantitative estimate of drug-likeness (QED) is 0.736. The number of likely N-dealkylation sites (tertiary alicyclic amines) is 1. The minimum absolute atomic E-state index is 0.625. The van der Waals surface area contributed by atoms with Crippen LogP contribution in [0.1, 0.15) is 25.3 Å². The summed E-state index contributed by atoms with van der Waals surface area (Å²) < 4.78 is 10.1. The maximum Gasteiger partial charge on any atom is 0.199 e. The maximum atomic E-state index is 5.73. The fraction of sp³-hybridized carbons (Fsp3) is 0.579. The summed E-state index contributed by atoms with van der Waals surface area (Å²) in [5.74, 6) is 1.75. The summed E-state index contributed by atoms with van der Waals surface area (Å²) in [6.07, 6.45) is 2.50. The summed E-state index contributed by atoms with van der Waals surface area (Å²) in [4.78, 5) is 2.45. The number of piperidine rings is 1. The number of benzene rings is 1. The van der Waals surface area contributed by atoms with Gasteiger partial charge in [-0.1, -0.05) is 30.7 Å². The highest BCUT2D eigenvalue weighted by atomic mass is 32.1. The van der Waals surface area contributed by atoms with Crippen LogP contribution in [-0.2, 0) is 18.0 Å². The molecule has 0 amide bonds. The first-order valence-corrected chi connectivity index (χ1v) is 9.45. The Morgan fingerprint density at radius 3 is 2.72 bits per heavy atom. The highest BCUT2D eigenvalue weighted by Crippen LogP contribution is 2.21. The zero-order valence-electron chi connectivity index (χ0n) is 15.4. The highest BCUT2D eigenvalue weighted by molar-refractivity contribution is 7.71. The molecule has 0 aliphatic carbocycles. The van der Waals surface area contributed by atoms with Crippen LogP contribution in [0.5, 0.6) is 0 Å². The summed E-state index contributed by atoms with van der Waals surface area (Å²) in [7, 11) is 1.72. The molecule has 136 valence electrons. The third-order valence-electron chi connectivity index (χ3n) is 4.93. The van der Waals surface area contributed by atoms with E-state index in [1.54, 1.807) is 7.11 Å². The van der Waals surface area contributed by atoms with Gasteiger partial charge in [0, 0.05) is 25.8 Å². The van der Waals surface area contributed by atoms with Crippen LogP contribution >= 0.6 is 12.2 Å². The van der Waals surface area contributed by atoms with E-state index in [-0.39, 0.29) is 0 Å². The predicted molar refractivity (Wildman–Crippen MR) is 103 cm³/mol. The topological polar surface area (TPSA) is 35.2 Å². The van der Waals surface area contributed by atoms with Crippen LogP contribution in [0.15, 0.2) is 24.3 Å². The summed E-state index contributed by atoms with van der Waals surface area (Å²) in [6, 6.07) is 8.43. The molecule has 0 spiro atoms. The maximum absolute atomic E-state index is 5.73. The molecular weight excluding hydrogens is 332 g/mol. The van der Waals surface area contributed by atoms with E-state index in [4.69, 9.17) is 22.1 Å². The van der Waals surface area contributed by atoms with Gasteiger partial charge in [-0.05, 0) is 44.0 Å². The van der Waals surface area contributed by atoms with Crippen molar-refractivity contribution in [2.75, 3.05) is 26.8 Å². The van der Waals surface area contributed by atoms with Gasteiger partial charge < -0.3 is 4.74 Å². The number of aryl methyl sites for hydroxylation is 1. The molecule has 1 aliphatic heterocycles. The van der Waals surface area contributed by atoms with Crippen LogP contribution in [0.4, 0.5) is 0 Å². The summed E-state index contributed by atoms with van der Waals surface area (Å²) in [5, 5.41) is 4.87. The molecule has 0 N–H and O–H groups in total. The minimum Gasteiger partial charge on any atom is -0.383 e. The number of nitrogens with zero attached hydrogens (tertiary/aromatic N) is 4. The van der Waals surface area contributed by atoms with Crippen LogP contribution in [-0.4, -0.2) is 46.1 Å². The van der Waals surface area contributed by atoms with Crippen molar-refractivity contribution in [1.29, 1.82) is 0 Å². The van der Waals surface area contributed by atoms with Gasteiger partial charge in [0.2, 0.25) is 0 Å². The molecule has 0 saturated carbocycles. The smallest absolute Gasteiger partial charge is 0.199 e. The monoisotopic (exact) mass is 360 g/mol. The molecule has 0 unspecified atom stereocenters. The van der Waals surface area contributed by atoms with Crippen molar-refractivity contribution in [3.05, 3.63) is 34.6 Å². The zero-order valence-corrected chi connectivity index (χ0v) is 16.3. The Morgan fingerprint density at radius 2 is 2.04 bits per heavy atom. The van der Waals surface area contributed by atoms with Crippen LogP contribution < -0.4 is 0 Å². The first-order valence-electron chi connectivity index (χ1n) is 9.04. The molecule has 0 atom stereocenters. The Hall–Kier alpha value is -1.50. The second-order valence-electron chi connectivity index (χ2n) is 7.06. The molecule has 5 nitrogen and oxygen atoms in total. The highest BCUT2D eigenvalue weighted by Gasteiger charge is 2.19. The standard InChI is InChI=1S/C19H28N4OS/c1-15-7-9-21(10-8-15)14-23-19(25)22(11-12-24-3)18(20-23)17-6-4-5-16(2)13-17/h4-6,13,15H,7-12,14H2,1-3H3. The molecule has 1 aromatic carbocycles. The Morgan fingerprint density at radius 1 is 1.28 bits per heavy atom. The van der Waals surface area contributed by atoms with E-state index >= 15 is 0 Å². The van der Waals surface area contributed by atoms with Crippen molar-refractivity contribution < 1.29 is 4.74 Å². The molecular formula is C19H28N4OS. The van der Waals surface area contributed by atoms with Crippen molar-refractivity contribution >= 4 is 12.2 Å². The molecule has 6 heteroatoms. The van der Waals surface area contributed by atoms with E-state index in [0.29, 0.717) is 6.61 Å². The van der Waals surface area contributed by atoms with Crippen molar-refractivity contribution in [2.45, 2.75) is 39.9 Å². The van der Waals surface area contributed by atoms with Crippen molar-refractivity contribution in [3.63, 3.8) is 0 Å². The summed E-state index contributed by atoms with van der Waals surface area (Å²) in [5.41, 5.74) is 2.33. The van der Waals surface area contributed by atoms with Gasteiger partial charge in [0.05, 0.1) is 19.8 Å². The zero-order chi connectivity index (χ0) is 17.8. The van der Waals surface area contributed by atoms with Gasteiger partial charge in [-0.2, -0.15) is 5.10 Å². The molecule has 3 rings (SSSR count). The van der Waals surface area contributed by atoms with Gasteiger partial charge in [0.1, 0.15) is 0 Å². The Labute approximate surface area is 155 Å². The fourth-order valence-corrected chi connectivity index (χ4v) is 3.58. The van der Waals surface area contributed by atoms with Gasteiger partial charge in [-0.3, -0.25) is 9.47 Å². The van der Waals surface area contributed by atoms with Gasteiger partial charge in [-0.25, -0.2) is 4.68 Å². The molecule has 25 heavy (non-hydrogen) atoms. The molecule has 1 aromatic heterocycles. The average molecular weight is 361 g/mol. The second-order valence-corrected chi connectivity index (χ2v) is 7.43. The fourth-order valence-electron chi connectivity index (χ4n) is 3.31. The van der Waals surface area contributed by atoms with Crippen molar-refractivity contribution in [1.82, 2.24) is 19.2 Å². The van der Waals surface area contributed by atoms with Gasteiger partial charge in [0.15, 0.2) is 10.6 Å². The molecule has 2 aromatic rings. The summed E-state index contributed by atoms with van der Waals surface area (Å²) >= 11 is 5.73. The number of hydrogen-bond acceptors (Lipinski definition) is 4. The van der Waals surface area contributed by atoms with E-state index in [9.17, 15) is 0 Å². The number of aromatic nitrogens is 3. The SMILES string of the molecule is COCCn1c(-c2cccc(C)c2)nn(CN2CCC(C)CC2)c1=S. The third-order valence-corrected chi connectivity index (χ3v) is 5.36. The second kappa shape index (κ2) is 8.25. The van der Waals surface area contributed by atoms with Crippen LogP contribution in [0.25, 0.3) is 11.4 Å². The van der Waals surface area contributed by atoms with Crippen LogP contribution in [0, 0.1) is 17.6 Å². The molecule has 2 heterocycles. The van der Waals surface area contributed by atoms with Crippen LogP contribution in [0.2, 0.25) is 0 Å². The lowest BCUT2D eigenvalue weighted by atomic mass is 10.00. The van der Waals surface area contributed by atoms with Gasteiger partial charge in [-0.15, -0.1) is 0 Å². The lowest BCUT2D eigenvalue weighted by Crippen LogP contribution is -2.34. The Kier molecular flexibility index (Phi) is 6.04. The van der Waals surface area contributed by atoms with E-state index in [1.807, 2.05) is 4.68 Å². The van der Waals surface area contributed by atoms with Gasteiger partial charge >= 0.3 is 0 Å². The molecule has 1 saturated heterocycles. The van der Waals surface area contributed by atoms with Gasteiger partial charge in [0.25, 0.3) is 0 Å². The molecule has 1 fully saturated rings. The van der Waals surface area contributed by atoms with E-state index in [0.717, 1.165) is 48.4 Å². The van der Waals surface area contributed by atoms with E-state index < -0.39 is 0 Å².